The average molecular weight is 475 g/mol. The standard InChI is InChI=1S/C26H27FN6O2/c1-17-16-34-13-11-32(17)23-14-20(21-6-5-18(27)15-29-21)19-7-9-28-26(25(19)31-23)22-8-10-30-33(22)24-4-2-3-12-35-24/h5-10,14-15,17,24H,2-4,11-13,16H2,1H3. The summed E-state index contributed by atoms with van der Waals surface area (Å²) in [6.45, 7) is 4.86. The molecule has 6 rings (SSSR count). The van der Waals surface area contributed by atoms with Gasteiger partial charge in [-0.2, -0.15) is 5.10 Å². The minimum Gasteiger partial charge on any atom is -0.377 e. The molecule has 0 aliphatic carbocycles. The molecule has 0 N–H and O–H groups in total. The first kappa shape index (κ1) is 22.1. The summed E-state index contributed by atoms with van der Waals surface area (Å²) < 4.78 is 27.3. The van der Waals surface area contributed by atoms with Crippen LogP contribution in [-0.4, -0.2) is 57.1 Å². The second-order valence-corrected chi connectivity index (χ2v) is 9.04. The van der Waals surface area contributed by atoms with Crippen LogP contribution in [0.5, 0.6) is 0 Å². The molecule has 4 aromatic heterocycles. The van der Waals surface area contributed by atoms with E-state index in [1.54, 1.807) is 18.5 Å². The van der Waals surface area contributed by atoms with Crippen molar-refractivity contribution in [3.63, 3.8) is 0 Å². The second kappa shape index (κ2) is 9.31. The molecule has 2 aliphatic heterocycles. The molecule has 2 fully saturated rings. The van der Waals surface area contributed by atoms with E-state index in [0.29, 0.717) is 18.9 Å². The fourth-order valence-corrected chi connectivity index (χ4v) is 4.94. The molecule has 0 amide bonds. The topological polar surface area (TPSA) is 78.2 Å². The van der Waals surface area contributed by atoms with Crippen LogP contribution in [0.25, 0.3) is 33.5 Å². The van der Waals surface area contributed by atoms with E-state index < -0.39 is 0 Å². The summed E-state index contributed by atoms with van der Waals surface area (Å²) in [6.07, 6.45) is 7.77. The highest BCUT2D eigenvalue weighted by Crippen LogP contribution is 2.36. The Morgan fingerprint density at radius 3 is 2.80 bits per heavy atom. The van der Waals surface area contributed by atoms with Crippen molar-refractivity contribution in [3.8, 4) is 22.6 Å². The van der Waals surface area contributed by atoms with Crippen molar-refractivity contribution in [1.29, 1.82) is 0 Å². The fraction of sp³-hybridized carbons (Fsp3) is 0.385. The first-order chi connectivity index (χ1) is 17.2. The smallest absolute Gasteiger partial charge is 0.150 e. The van der Waals surface area contributed by atoms with E-state index >= 15 is 0 Å². The van der Waals surface area contributed by atoms with Crippen molar-refractivity contribution in [2.45, 2.75) is 38.5 Å². The van der Waals surface area contributed by atoms with E-state index in [1.807, 2.05) is 22.9 Å². The third-order valence-corrected chi connectivity index (χ3v) is 6.72. The quantitative estimate of drug-likeness (QED) is 0.427. The molecule has 6 heterocycles. The summed E-state index contributed by atoms with van der Waals surface area (Å²) in [4.78, 5) is 16.5. The van der Waals surface area contributed by atoms with Crippen molar-refractivity contribution in [1.82, 2.24) is 24.7 Å². The number of pyridine rings is 3. The fourth-order valence-electron chi connectivity index (χ4n) is 4.94. The van der Waals surface area contributed by atoms with Gasteiger partial charge in [0.25, 0.3) is 0 Å². The van der Waals surface area contributed by atoms with Gasteiger partial charge in [0, 0.05) is 36.5 Å². The third-order valence-electron chi connectivity index (χ3n) is 6.72. The highest BCUT2D eigenvalue weighted by molar-refractivity contribution is 6.01. The zero-order valence-corrected chi connectivity index (χ0v) is 19.6. The average Bonchev–Trinajstić information content (AvgIpc) is 3.39. The lowest BCUT2D eigenvalue weighted by atomic mass is 10.0. The Hall–Kier alpha value is -3.43. The van der Waals surface area contributed by atoms with Gasteiger partial charge < -0.3 is 14.4 Å². The second-order valence-electron chi connectivity index (χ2n) is 9.04. The van der Waals surface area contributed by atoms with Gasteiger partial charge in [-0.1, -0.05) is 0 Å². The van der Waals surface area contributed by atoms with Crippen molar-refractivity contribution < 1.29 is 13.9 Å². The number of anilines is 1. The molecule has 2 unspecified atom stereocenters. The van der Waals surface area contributed by atoms with Crippen LogP contribution in [0.2, 0.25) is 0 Å². The molecule has 0 saturated carbocycles. The van der Waals surface area contributed by atoms with Gasteiger partial charge >= 0.3 is 0 Å². The lowest BCUT2D eigenvalue weighted by molar-refractivity contribution is -0.0383. The Morgan fingerprint density at radius 1 is 1.06 bits per heavy atom. The van der Waals surface area contributed by atoms with Gasteiger partial charge in [-0.05, 0) is 56.5 Å². The number of hydrogen-bond acceptors (Lipinski definition) is 7. The predicted molar refractivity (Wildman–Crippen MR) is 130 cm³/mol. The first-order valence-corrected chi connectivity index (χ1v) is 12.1. The molecule has 0 spiro atoms. The number of rotatable bonds is 4. The molecule has 2 saturated heterocycles. The Morgan fingerprint density at radius 2 is 2.00 bits per heavy atom. The molecule has 9 heteroatoms. The van der Waals surface area contributed by atoms with Crippen LogP contribution in [0.3, 0.4) is 0 Å². The molecule has 2 atom stereocenters. The Labute approximate surface area is 202 Å². The summed E-state index contributed by atoms with van der Waals surface area (Å²) >= 11 is 0. The summed E-state index contributed by atoms with van der Waals surface area (Å²) in [5.74, 6) is 0.455. The lowest BCUT2D eigenvalue weighted by Gasteiger charge is -2.34. The van der Waals surface area contributed by atoms with Crippen molar-refractivity contribution in [3.05, 3.63) is 54.7 Å². The van der Waals surface area contributed by atoms with Crippen molar-refractivity contribution >= 4 is 16.7 Å². The molecule has 0 radical (unpaired) electrons. The molecular formula is C26H27FN6O2. The maximum absolute atomic E-state index is 13.7. The Bertz CT molecular complexity index is 1340. The molecule has 180 valence electrons. The summed E-state index contributed by atoms with van der Waals surface area (Å²) in [7, 11) is 0. The first-order valence-electron chi connectivity index (χ1n) is 12.1. The molecule has 0 aromatic carbocycles. The number of nitrogens with zero attached hydrogens (tertiary/aromatic N) is 6. The highest BCUT2D eigenvalue weighted by Gasteiger charge is 2.25. The van der Waals surface area contributed by atoms with Crippen LogP contribution < -0.4 is 4.90 Å². The maximum atomic E-state index is 13.7. The summed E-state index contributed by atoms with van der Waals surface area (Å²) in [5.41, 5.74) is 3.91. The Balaban J connectivity index is 1.56. The third kappa shape index (κ3) is 4.15. The van der Waals surface area contributed by atoms with Gasteiger partial charge in [-0.25, -0.2) is 14.1 Å². The van der Waals surface area contributed by atoms with E-state index in [1.165, 1.54) is 12.3 Å². The van der Waals surface area contributed by atoms with Crippen molar-refractivity contribution in [2.75, 3.05) is 31.3 Å². The zero-order valence-electron chi connectivity index (χ0n) is 19.6. The largest absolute Gasteiger partial charge is 0.377 e. The Kier molecular flexibility index (Phi) is 5.87. The summed E-state index contributed by atoms with van der Waals surface area (Å²) in [6, 6.07) is 9.25. The minimum absolute atomic E-state index is 0.119. The van der Waals surface area contributed by atoms with E-state index in [0.717, 1.165) is 66.1 Å². The van der Waals surface area contributed by atoms with Gasteiger partial charge in [0.05, 0.1) is 36.8 Å². The molecular weight excluding hydrogens is 447 g/mol. The number of halogens is 1. The van der Waals surface area contributed by atoms with E-state index in [-0.39, 0.29) is 18.1 Å². The molecule has 2 aliphatic rings. The number of fused-ring (bicyclic) bond motifs is 1. The molecule has 8 nitrogen and oxygen atoms in total. The van der Waals surface area contributed by atoms with E-state index in [9.17, 15) is 4.39 Å². The van der Waals surface area contributed by atoms with Crippen LogP contribution in [0.15, 0.2) is 48.9 Å². The molecule has 0 bridgehead atoms. The SMILES string of the molecule is CC1COCCN1c1cc(-c2ccc(F)cn2)c2ccnc(-c3ccnn3C3CCCCO3)c2n1. The van der Waals surface area contributed by atoms with Crippen LogP contribution >= 0.6 is 0 Å². The van der Waals surface area contributed by atoms with Crippen LogP contribution in [0.4, 0.5) is 10.2 Å². The van der Waals surface area contributed by atoms with Crippen LogP contribution in [-0.2, 0) is 9.47 Å². The van der Waals surface area contributed by atoms with Gasteiger partial charge in [-0.15, -0.1) is 0 Å². The maximum Gasteiger partial charge on any atom is 0.150 e. The highest BCUT2D eigenvalue weighted by atomic mass is 19.1. The summed E-state index contributed by atoms with van der Waals surface area (Å²) in [5, 5.41) is 5.48. The zero-order chi connectivity index (χ0) is 23.8. The predicted octanol–water partition coefficient (Wildman–Crippen LogP) is 4.62. The van der Waals surface area contributed by atoms with E-state index in [2.05, 4.69) is 21.9 Å². The minimum atomic E-state index is -0.368. The number of aromatic nitrogens is 5. The van der Waals surface area contributed by atoms with Gasteiger partial charge in [0.2, 0.25) is 0 Å². The van der Waals surface area contributed by atoms with E-state index in [4.69, 9.17) is 19.4 Å². The monoisotopic (exact) mass is 474 g/mol. The van der Waals surface area contributed by atoms with Crippen LogP contribution in [0.1, 0.15) is 32.4 Å². The normalized spacial score (nSPS) is 20.9. The lowest BCUT2D eigenvalue weighted by Crippen LogP contribution is -2.44. The molecule has 4 aromatic rings. The van der Waals surface area contributed by atoms with Crippen molar-refractivity contribution in [2.24, 2.45) is 0 Å². The van der Waals surface area contributed by atoms with Gasteiger partial charge in [0.1, 0.15) is 22.8 Å². The molecule has 35 heavy (non-hydrogen) atoms. The number of ether oxygens (including phenoxy) is 2. The van der Waals surface area contributed by atoms with Gasteiger partial charge in [-0.3, -0.25) is 9.97 Å². The van der Waals surface area contributed by atoms with Gasteiger partial charge in [0.15, 0.2) is 6.23 Å². The number of hydrogen-bond donors (Lipinski definition) is 0. The van der Waals surface area contributed by atoms with Crippen LogP contribution in [0, 0.1) is 5.82 Å². The number of morpholine rings is 1.